The fraction of sp³-hybridized carbons (Fsp3) is 0.312. The van der Waals surface area contributed by atoms with Crippen molar-refractivity contribution < 1.29 is 9.53 Å². The molecule has 122 valence electrons. The molecule has 1 heterocycles. The number of carbonyl (C=O) groups is 1. The molecule has 0 aliphatic carbocycles. The van der Waals surface area contributed by atoms with Gasteiger partial charge in [0.15, 0.2) is 6.10 Å². The van der Waals surface area contributed by atoms with E-state index in [0.29, 0.717) is 29.6 Å². The first kappa shape index (κ1) is 17.0. The SMILES string of the molecule is Cc1cc(=O)n(CCNC(=O)C(C)Oc2ccccc2Cl)cn1. The molecule has 0 spiro atoms. The Labute approximate surface area is 139 Å². The van der Waals surface area contributed by atoms with Crippen molar-refractivity contribution in [3.8, 4) is 5.75 Å². The third kappa shape index (κ3) is 4.82. The summed E-state index contributed by atoms with van der Waals surface area (Å²) in [6.07, 6.45) is 0.774. The van der Waals surface area contributed by atoms with Gasteiger partial charge in [0.1, 0.15) is 5.75 Å². The molecule has 0 radical (unpaired) electrons. The van der Waals surface area contributed by atoms with Crippen LogP contribution in [0.25, 0.3) is 0 Å². The number of nitrogens with zero attached hydrogens (tertiary/aromatic N) is 2. The molecular weight excluding hydrogens is 318 g/mol. The highest BCUT2D eigenvalue weighted by Gasteiger charge is 2.15. The third-order valence-corrected chi connectivity index (χ3v) is 3.49. The molecule has 0 saturated carbocycles. The number of aryl methyl sites for hydroxylation is 1. The molecule has 0 aliphatic rings. The van der Waals surface area contributed by atoms with Gasteiger partial charge in [0, 0.05) is 24.8 Å². The van der Waals surface area contributed by atoms with Crippen molar-refractivity contribution in [2.75, 3.05) is 6.54 Å². The quantitative estimate of drug-likeness (QED) is 0.873. The summed E-state index contributed by atoms with van der Waals surface area (Å²) in [5, 5.41) is 3.17. The molecule has 2 aromatic rings. The van der Waals surface area contributed by atoms with Crippen molar-refractivity contribution in [1.29, 1.82) is 0 Å². The number of ether oxygens (including phenoxy) is 1. The molecule has 0 saturated heterocycles. The fourth-order valence-corrected chi connectivity index (χ4v) is 2.09. The first-order valence-corrected chi connectivity index (χ1v) is 7.57. The number of halogens is 1. The summed E-state index contributed by atoms with van der Waals surface area (Å²) in [6, 6.07) is 8.41. The number of carbonyl (C=O) groups excluding carboxylic acids is 1. The fourth-order valence-electron chi connectivity index (χ4n) is 1.91. The van der Waals surface area contributed by atoms with E-state index < -0.39 is 6.10 Å². The van der Waals surface area contributed by atoms with Crippen molar-refractivity contribution in [2.24, 2.45) is 0 Å². The van der Waals surface area contributed by atoms with Gasteiger partial charge in [-0.3, -0.25) is 14.2 Å². The van der Waals surface area contributed by atoms with Gasteiger partial charge in [0.2, 0.25) is 0 Å². The topological polar surface area (TPSA) is 73.2 Å². The van der Waals surface area contributed by atoms with Gasteiger partial charge in [0.05, 0.1) is 11.3 Å². The zero-order valence-corrected chi connectivity index (χ0v) is 13.7. The van der Waals surface area contributed by atoms with Gasteiger partial charge in [-0.05, 0) is 26.0 Å². The van der Waals surface area contributed by atoms with Crippen LogP contribution in [0.15, 0.2) is 41.5 Å². The lowest BCUT2D eigenvalue weighted by atomic mass is 10.3. The van der Waals surface area contributed by atoms with Crippen molar-refractivity contribution in [3.63, 3.8) is 0 Å². The van der Waals surface area contributed by atoms with Crippen molar-refractivity contribution >= 4 is 17.5 Å². The van der Waals surface area contributed by atoms with E-state index in [1.165, 1.54) is 17.0 Å². The number of rotatable bonds is 6. The molecule has 0 fully saturated rings. The highest BCUT2D eigenvalue weighted by atomic mass is 35.5. The van der Waals surface area contributed by atoms with E-state index in [0.717, 1.165) is 0 Å². The number of para-hydroxylation sites is 1. The second kappa shape index (κ2) is 7.78. The van der Waals surface area contributed by atoms with Gasteiger partial charge in [0.25, 0.3) is 11.5 Å². The van der Waals surface area contributed by atoms with E-state index in [9.17, 15) is 9.59 Å². The molecule has 1 atom stereocenters. The molecule has 1 aromatic heterocycles. The minimum absolute atomic E-state index is 0.146. The van der Waals surface area contributed by atoms with Gasteiger partial charge in [-0.15, -0.1) is 0 Å². The molecular formula is C16H18ClN3O3. The normalized spacial score (nSPS) is 11.8. The van der Waals surface area contributed by atoms with Crippen LogP contribution in [0.5, 0.6) is 5.75 Å². The van der Waals surface area contributed by atoms with Crippen molar-refractivity contribution in [2.45, 2.75) is 26.5 Å². The van der Waals surface area contributed by atoms with Gasteiger partial charge >= 0.3 is 0 Å². The lowest BCUT2D eigenvalue weighted by molar-refractivity contribution is -0.127. The Morgan fingerprint density at radius 1 is 1.43 bits per heavy atom. The zero-order valence-electron chi connectivity index (χ0n) is 13.0. The molecule has 23 heavy (non-hydrogen) atoms. The Balaban J connectivity index is 1.84. The van der Waals surface area contributed by atoms with E-state index in [1.54, 1.807) is 38.1 Å². The standard InChI is InChI=1S/C16H18ClN3O3/c1-11-9-15(21)20(10-19-11)8-7-18-16(22)12(2)23-14-6-4-3-5-13(14)17/h3-6,9-10,12H,7-8H2,1-2H3,(H,18,22). The van der Waals surface area contributed by atoms with Crippen molar-refractivity contribution in [3.05, 3.63) is 57.7 Å². The van der Waals surface area contributed by atoms with Gasteiger partial charge in [-0.1, -0.05) is 23.7 Å². The first-order chi connectivity index (χ1) is 11.0. The summed E-state index contributed by atoms with van der Waals surface area (Å²) in [6.45, 7) is 4.04. The summed E-state index contributed by atoms with van der Waals surface area (Å²) in [5.41, 5.74) is 0.518. The molecule has 1 aromatic carbocycles. The lowest BCUT2D eigenvalue weighted by Crippen LogP contribution is -2.38. The van der Waals surface area contributed by atoms with Crippen LogP contribution in [0.1, 0.15) is 12.6 Å². The van der Waals surface area contributed by atoms with E-state index in [4.69, 9.17) is 16.3 Å². The predicted molar refractivity (Wildman–Crippen MR) is 87.8 cm³/mol. The van der Waals surface area contributed by atoms with E-state index in [1.807, 2.05) is 0 Å². The second-order valence-corrected chi connectivity index (χ2v) is 5.45. The second-order valence-electron chi connectivity index (χ2n) is 5.04. The molecule has 1 N–H and O–H groups in total. The highest BCUT2D eigenvalue weighted by Crippen LogP contribution is 2.24. The van der Waals surface area contributed by atoms with Crippen LogP contribution in [0.2, 0.25) is 5.02 Å². The van der Waals surface area contributed by atoms with Crippen LogP contribution >= 0.6 is 11.6 Å². The number of hydrogen-bond donors (Lipinski definition) is 1. The van der Waals surface area contributed by atoms with E-state index in [2.05, 4.69) is 10.3 Å². The van der Waals surface area contributed by atoms with Crippen molar-refractivity contribution in [1.82, 2.24) is 14.9 Å². The summed E-state index contributed by atoms with van der Waals surface area (Å²) in [5.74, 6) is 0.175. The lowest BCUT2D eigenvalue weighted by Gasteiger charge is -2.15. The van der Waals surface area contributed by atoms with Crippen LogP contribution in [0.3, 0.4) is 0 Å². The molecule has 1 amide bonds. The maximum atomic E-state index is 12.0. The zero-order chi connectivity index (χ0) is 16.8. The number of nitrogens with one attached hydrogen (secondary N) is 1. The molecule has 6 nitrogen and oxygen atoms in total. The van der Waals surface area contributed by atoms with Crippen LogP contribution < -0.4 is 15.6 Å². The van der Waals surface area contributed by atoms with Gasteiger partial charge < -0.3 is 10.1 Å². The summed E-state index contributed by atoms with van der Waals surface area (Å²) in [7, 11) is 0. The van der Waals surface area contributed by atoms with E-state index in [-0.39, 0.29) is 11.5 Å². The average Bonchev–Trinajstić information content (AvgIpc) is 2.51. The molecule has 7 heteroatoms. The maximum absolute atomic E-state index is 12.0. The number of aromatic nitrogens is 2. The Kier molecular flexibility index (Phi) is 5.76. The highest BCUT2D eigenvalue weighted by molar-refractivity contribution is 6.32. The Morgan fingerprint density at radius 2 is 2.17 bits per heavy atom. The summed E-state index contributed by atoms with van der Waals surface area (Å²) >= 11 is 5.99. The Bertz CT molecular complexity index is 745. The number of benzene rings is 1. The average molecular weight is 336 g/mol. The maximum Gasteiger partial charge on any atom is 0.260 e. The minimum Gasteiger partial charge on any atom is -0.479 e. The van der Waals surface area contributed by atoms with Gasteiger partial charge in [-0.25, -0.2) is 4.98 Å². The summed E-state index contributed by atoms with van der Waals surface area (Å²) < 4.78 is 6.96. The Hall–Kier alpha value is -2.34. The van der Waals surface area contributed by atoms with Crippen LogP contribution in [0, 0.1) is 6.92 Å². The number of hydrogen-bond acceptors (Lipinski definition) is 4. The smallest absolute Gasteiger partial charge is 0.260 e. The van der Waals surface area contributed by atoms with Crippen LogP contribution in [-0.4, -0.2) is 28.1 Å². The monoisotopic (exact) mass is 335 g/mol. The third-order valence-electron chi connectivity index (χ3n) is 3.18. The number of amides is 1. The predicted octanol–water partition coefficient (Wildman–Crippen LogP) is 1.79. The van der Waals surface area contributed by atoms with Gasteiger partial charge in [-0.2, -0.15) is 0 Å². The summed E-state index contributed by atoms with van der Waals surface area (Å²) in [4.78, 5) is 27.8. The molecule has 1 unspecified atom stereocenters. The molecule has 0 bridgehead atoms. The minimum atomic E-state index is -0.692. The Morgan fingerprint density at radius 3 is 2.87 bits per heavy atom. The van der Waals surface area contributed by atoms with E-state index >= 15 is 0 Å². The largest absolute Gasteiger partial charge is 0.479 e. The first-order valence-electron chi connectivity index (χ1n) is 7.19. The molecule has 2 rings (SSSR count). The van der Waals surface area contributed by atoms with Crippen LogP contribution in [-0.2, 0) is 11.3 Å². The van der Waals surface area contributed by atoms with Crippen LogP contribution in [0.4, 0.5) is 0 Å². The molecule has 0 aliphatic heterocycles.